The Morgan fingerprint density at radius 3 is 2.72 bits per heavy atom. The van der Waals surface area contributed by atoms with Crippen LogP contribution >= 0.6 is 34.3 Å². The van der Waals surface area contributed by atoms with Crippen LogP contribution in [0.4, 0.5) is 18.3 Å². The minimum atomic E-state index is -4.82. The van der Waals surface area contributed by atoms with Crippen molar-refractivity contribution < 1.29 is 18.0 Å². The number of amides is 1. The Hall–Kier alpha value is -2.76. The van der Waals surface area contributed by atoms with Crippen molar-refractivity contribution in [3.8, 4) is 16.3 Å². The van der Waals surface area contributed by atoms with E-state index in [1.807, 2.05) is 16.8 Å². The smallest absolute Gasteiger partial charge is 0.296 e. The summed E-state index contributed by atoms with van der Waals surface area (Å²) in [7, 11) is 0. The standard InChI is InChI=1S/C17H9ClF3N5OS2/c18-10-2-1-3-11(6-10)26-13(17(19,20)21)12(7-22-26)14(27)23-16-25-24-15(29-16)9-4-5-28-8-9/h1-8H,(H,23,25,27). The van der Waals surface area contributed by atoms with E-state index in [0.717, 1.165) is 23.1 Å². The zero-order valence-electron chi connectivity index (χ0n) is 14.1. The maximum absolute atomic E-state index is 13.7. The monoisotopic (exact) mass is 455 g/mol. The molecule has 4 rings (SSSR count). The van der Waals surface area contributed by atoms with E-state index in [1.165, 1.54) is 35.6 Å². The van der Waals surface area contributed by atoms with Crippen LogP contribution in [0.2, 0.25) is 5.02 Å². The van der Waals surface area contributed by atoms with Crippen molar-refractivity contribution in [2.24, 2.45) is 0 Å². The summed E-state index contributed by atoms with van der Waals surface area (Å²) in [6, 6.07) is 7.58. The highest BCUT2D eigenvalue weighted by molar-refractivity contribution is 7.19. The van der Waals surface area contributed by atoms with Crippen LogP contribution in [0.25, 0.3) is 16.3 Å². The molecule has 6 nitrogen and oxygen atoms in total. The fraction of sp³-hybridized carbons (Fsp3) is 0.0588. The van der Waals surface area contributed by atoms with E-state index in [9.17, 15) is 18.0 Å². The molecule has 3 aromatic heterocycles. The SMILES string of the molecule is O=C(Nc1nnc(-c2ccsc2)s1)c1cnn(-c2cccc(Cl)c2)c1C(F)(F)F. The first kappa shape index (κ1) is 19.6. The van der Waals surface area contributed by atoms with Crippen molar-refractivity contribution in [2.75, 3.05) is 5.32 Å². The summed E-state index contributed by atoms with van der Waals surface area (Å²) in [5.74, 6) is -0.987. The summed E-state index contributed by atoms with van der Waals surface area (Å²) >= 11 is 8.39. The number of hydrogen-bond acceptors (Lipinski definition) is 6. The fourth-order valence-electron chi connectivity index (χ4n) is 2.53. The van der Waals surface area contributed by atoms with Gasteiger partial charge in [-0.05, 0) is 29.6 Å². The van der Waals surface area contributed by atoms with Gasteiger partial charge in [0.05, 0.1) is 17.4 Å². The highest BCUT2D eigenvalue weighted by Gasteiger charge is 2.40. The second-order valence-corrected chi connectivity index (χ2v) is 7.87. The molecule has 0 bridgehead atoms. The molecule has 0 aliphatic heterocycles. The molecule has 12 heteroatoms. The molecule has 0 spiro atoms. The molecule has 0 aliphatic rings. The number of aromatic nitrogens is 4. The molecule has 0 radical (unpaired) electrons. The highest BCUT2D eigenvalue weighted by atomic mass is 35.5. The van der Waals surface area contributed by atoms with Gasteiger partial charge in [0.1, 0.15) is 5.01 Å². The number of nitrogens with one attached hydrogen (secondary N) is 1. The van der Waals surface area contributed by atoms with Gasteiger partial charge >= 0.3 is 6.18 Å². The summed E-state index contributed by atoms with van der Waals surface area (Å²) in [5.41, 5.74) is -0.943. The first-order chi connectivity index (χ1) is 13.8. The maximum Gasteiger partial charge on any atom is 0.434 e. The van der Waals surface area contributed by atoms with E-state index in [-0.39, 0.29) is 15.8 Å². The van der Waals surface area contributed by atoms with Crippen LogP contribution in [0.5, 0.6) is 0 Å². The van der Waals surface area contributed by atoms with Gasteiger partial charge in [0, 0.05) is 16.0 Å². The molecule has 3 heterocycles. The Morgan fingerprint density at radius 1 is 1.21 bits per heavy atom. The Labute approximate surface area is 174 Å². The van der Waals surface area contributed by atoms with Crippen LogP contribution in [0.3, 0.4) is 0 Å². The summed E-state index contributed by atoms with van der Waals surface area (Å²) in [6.07, 6.45) is -3.96. The van der Waals surface area contributed by atoms with Gasteiger partial charge in [0.15, 0.2) is 5.69 Å². The lowest BCUT2D eigenvalue weighted by atomic mass is 10.2. The van der Waals surface area contributed by atoms with Gasteiger partial charge in [-0.1, -0.05) is 29.0 Å². The molecular formula is C17H9ClF3N5OS2. The lowest BCUT2D eigenvalue weighted by Crippen LogP contribution is -2.20. The van der Waals surface area contributed by atoms with Crippen molar-refractivity contribution in [3.05, 3.63) is 63.6 Å². The number of rotatable bonds is 4. The molecular weight excluding hydrogens is 447 g/mol. The number of nitrogens with zero attached hydrogens (tertiary/aromatic N) is 4. The predicted molar refractivity (Wildman–Crippen MR) is 105 cm³/mol. The zero-order valence-corrected chi connectivity index (χ0v) is 16.5. The third-order valence-electron chi connectivity index (χ3n) is 3.75. The van der Waals surface area contributed by atoms with Crippen LogP contribution in [0.1, 0.15) is 16.1 Å². The topological polar surface area (TPSA) is 72.7 Å². The van der Waals surface area contributed by atoms with Crippen LogP contribution < -0.4 is 5.32 Å². The molecule has 0 saturated carbocycles. The number of anilines is 1. The largest absolute Gasteiger partial charge is 0.434 e. The lowest BCUT2D eigenvalue weighted by molar-refractivity contribution is -0.143. The van der Waals surface area contributed by atoms with Crippen molar-refractivity contribution in [2.45, 2.75) is 6.18 Å². The van der Waals surface area contributed by atoms with Crippen LogP contribution in [0.15, 0.2) is 47.3 Å². The predicted octanol–water partition coefficient (Wildman–Crippen LogP) is 5.38. The number of thiophene rings is 1. The normalized spacial score (nSPS) is 11.6. The van der Waals surface area contributed by atoms with Gasteiger partial charge in [-0.2, -0.15) is 29.6 Å². The van der Waals surface area contributed by atoms with Crippen LogP contribution in [0, 0.1) is 0 Å². The van der Waals surface area contributed by atoms with E-state index < -0.39 is 23.3 Å². The van der Waals surface area contributed by atoms with Crippen molar-refractivity contribution >= 4 is 45.3 Å². The summed E-state index contributed by atoms with van der Waals surface area (Å²) in [4.78, 5) is 12.5. The Morgan fingerprint density at radius 2 is 2.03 bits per heavy atom. The van der Waals surface area contributed by atoms with E-state index in [1.54, 1.807) is 0 Å². The lowest BCUT2D eigenvalue weighted by Gasteiger charge is -2.12. The zero-order chi connectivity index (χ0) is 20.6. The van der Waals surface area contributed by atoms with Gasteiger partial charge in [-0.15, -0.1) is 10.2 Å². The van der Waals surface area contributed by atoms with Gasteiger partial charge < -0.3 is 0 Å². The first-order valence-electron chi connectivity index (χ1n) is 7.91. The Bertz CT molecular complexity index is 1170. The molecule has 0 aliphatic carbocycles. The first-order valence-corrected chi connectivity index (χ1v) is 10.1. The Balaban J connectivity index is 1.67. The summed E-state index contributed by atoms with van der Waals surface area (Å²) < 4.78 is 41.8. The third-order valence-corrected chi connectivity index (χ3v) is 5.55. The number of carbonyl (C=O) groups excluding carboxylic acids is 1. The third kappa shape index (κ3) is 4.02. The average molecular weight is 456 g/mol. The molecule has 0 unspecified atom stereocenters. The van der Waals surface area contributed by atoms with Gasteiger partial charge in [0.2, 0.25) is 5.13 Å². The molecule has 4 aromatic rings. The molecule has 0 fully saturated rings. The second kappa shape index (κ2) is 7.58. The van der Waals surface area contributed by atoms with Crippen molar-refractivity contribution in [1.82, 2.24) is 20.0 Å². The minimum absolute atomic E-state index is 0.0829. The van der Waals surface area contributed by atoms with E-state index in [2.05, 4.69) is 20.6 Å². The van der Waals surface area contributed by atoms with Crippen LogP contribution in [-0.2, 0) is 6.18 Å². The summed E-state index contributed by atoms with van der Waals surface area (Å²) in [6.45, 7) is 0. The molecule has 148 valence electrons. The highest BCUT2D eigenvalue weighted by Crippen LogP contribution is 2.35. The maximum atomic E-state index is 13.7. The van der Waals surface area contributed by atoms with Gasteiger partial charge in [-0.25, -0.2) is 4.68 Å². The molecule has 0 saturated heterocycles. The van der Waals surface area contributed by atoms with Gasteiger partial charge in [-0.3, -0.25) is 10.1 Å². The second-order valence-electron chi connectivity index (χ2n) is 5.67. The fourth-order valence-corrected chi connectivity index (χ4v) is 4.17. The molecule has 29 heavy (non-hydrogen) atoms. The van der Waals surface area contributed by atoms with Crippen molar-refractivity contribution in [1.29, 1.82) is 0 Å². The summed E-state index contributed by atoms with van der Waals surface area (Å²) in [5, 5.41) is 18.5. The van der Waals surface area contributed by atoms with E-state index in [4.69, 9.17) is 11.6 Å². The minimum Gasteiger partial charge on any atom is -0.296 e. The quantitative estimate of drug-likeness (QED) is 0.448. The molecule has 1 amide bonds. The number of alkyl halides is 3. The molecule has 0 atom stereocenters. The molecule has 1 N–H and O–H groups in total. The van der Waals surface area contributed by atoms with Gasteiger partial charge in [0.25, 0.3) is 5.91 Å². The number of hydrogen-bond donors (Lipinski definition) is 1. The number of benzene rings is 1. The number of halogens is 4. The van der Waals surface area contributed by atoms with Crippen LogP contribution in [-0.4, -0.2) is 25.9 Å². The number of carbonyl (C=O) groups is 1. The van der Waals surface area contributed by atoms with E-state index >= 15 is 0 Å². The van der Waals surface area contributed by atoms with Crippen molar-refractivity contribution in [3.63, 3.8) is 0 Å². The average Bonchev–Trinajstić information content (AvgIpc) is 3.40. The van der Waals surface area contributed by atoms with E-state index in [0.29, 0.717) is 9.69 Å². The molecule has 1 aromatic carbocycles. The Kier molecular flexibility index (Phi) is 5.11.